The van der Waals surface area contributed by atoms with Crippen LogP contribution in [0.2, 0.25) is 5.02 Å². The summed E-state index contributed by atoms with van der Waals surface area (Å²) in [6, 6.07) is 5.47. The third-order valence-corrected chi connectivity index (χ3v) is 3.34. The fourth-order valence-corrected chi connectivity index (χ4v) is 2.52. The Morgan fingerprint density at radius 3 is 3.18 bits per heavy atom. The van der Waals surface area contributed by atoms with Gasteiger partial charge in [0.25, 0.3) is 0 Å². The molecule has 17 heavy (non-hydrogen) atoms. The molecule has 0 atom stereocenters. The van der Waals surface area contributed by atoms with Crippen molar-refractivity contribution in [3.05, 3.63) is 35.9 Å². The lowest BCUT2D eigenvalue weighted by Crippen LogP contribution is -2.10. The molecule has 0 bridgehead atoms. The molecule has 1 heterocycles. The van der Waals surface area contributed by atoms with Gasteiger partial charge in [-0.1, -0.05) is 29.0 Å². The van der Waals surface area contributed by atoms with Crippen molar-refractivity contribution in [1.29, 1.82) is 0 Å². The van der Waals surface area contributed by atoms with Crippen LogP contribution in [0.5, 0.6) is 0 Å². The van der Waals surface area contributed by atoms with E-state index in [2.05, 4.69) is 16.9 Å². The summed E-state index contributed by atoms with van der Waals surface area (Å²) in [5.74, 6) is -0.0462. The number of aromatic nitrogens is 1. The Bertz CT molecular complexity index is 565. The van der Waals surface area contributed by atoms with Crippen LogP contribution < -0.4 is 5.32 Å². The third kappa shape index (κ3) is 3.05. The van der Waals surface area contributed by atoms with Gasteiger partial charge < -0.3 is 5.32 Å². The third-order valence-electron chi connectivity index (χ3n) is 2.17. The first-order valence-electron chi connectivity index (χ1n) is 5.16. The highest BCUT2D eigenvalue weighted by molar-refractivity contribution is 7.22. The number of anilines is 1. The summed E-state index contributed by atoms with van der Waals surface area (Å²) in [4.78, 5) is 15.8. The van der Waals surface area contributed by atoms with Gasteiger partial charge in [-0.15, -0.1) is 6.58 Å². The minimum atomic E-state index is -0.0462. The summed E-state index contributed by atoms with van der Waals surface area (Å²) >= 11 is 7.30. The zero-order valence-electron chi connectivity index (χ0n) is 9.07. The Labute approximate surface area is 108 Å². The molecule has 0 saturated carbocycles. The minimum absolute atomic E-state index is 0.0462. The number of allylic oxidation sites excluding steroid dienone is 1. The van der Waals surface area contributed by atoms with Gasteiger partial charge in [-0.25, -0.2) is 4.98 Å². The first kappa shape index (κ1) is 12.1. The number of thiazole rings is 1. The van der Waals surface area contributed by atoms with Crippen molar-refractivity contribution in [2.24, 2.45) is 0 Å². The number of benzene rings is 1. The molecule has 88 valence electrons. The average molecular weight is 267 g/mol. The summed E-state index contributed by atoms with van der Waals surface area (Å²) < 4.78 is 0.969. The number of amides is 1. The summed E-state index contributed by atoms with van der Waals surface area (Å²) in [5, 5.41) is 4.04. The first-order valence-corrected chi connectivity index (χ1v) is 6.35. The van der Waals surface area contributed by atoms with E-state index in [-0.39, 0.29) is 5.91 Å². The van der Waals surface area contributed by atoms with E-state index in [0.717, 1.165) is 10.2 Å². The number of hydrogen-bond acceptors (Lipinski definition) is 3. The molecular formula is C12H11ClN2OS. The molecule has 0 saturated heterocycles. The first-order chi connectivity index (χ1) is 8.19. The minimum Gasteiger partial charge on any atom is -0.302 e. The quantitative estimate of drug-likeness (QED) is 0.854. The van der Waals surface area contributed by atoms with Crippen LogP contribution in [0.1, 0.15) is 12.8 Å². The molecule has 0 spiro atoms. The second kappa shape index (κ2) is 5.29. The number of hydrogen-bond donors (Lipinski definition) is 1. The van der Waals surface area contributed by atoms with E-state index in [4.69, 9.17) is 11.6 Å². The number of nitrogens with one attached hydrogen (secondary N) is 1. The standard InChI is InChI=1S/C12H11ClN2OS/c1-2-3-4-11(16)15-12-14-9-6-5-8(13)7-10(9)17-12/h2,5-7H,1,3-4H2,(H,14,15,16). The number of rotatable bonds is 4. The van der Waals surface area contributed by atoms with Crippen molar-refractivity contribution in [3.63, 3.8) is 0 Å². The summed E-state index contributed by atoms with van der Waals surface area (Å²) in [6.45, 7) is 3.58. The van der Waals surface area contributed by atoms with Crippen LogP contribution in [-0.2, 0) is 4.79 Å². The van der Waals surface area contributed by atoms with Crippen LogP contribution in [0.4, 0.5) is 5.13 Å². The van der Waals surface area contributed by atoms with E-state index >= 15 is 0 Å². The van der Waals surface area contributed by atoms with E-state index in [1.807, 2.05) is 12.1 Å². The molecular weight excluding hydrogens is 256 g/mol. The normalized spacial score (nSPS) is 10.4. The maximum Gasteiger partial charge on any atom is 0.226 e. The van der Waals surface area contributed by atoms with Crippen molar-refractivity contribution in [1.82, 2.24) is 4.98 Å². The van der Waals surface area contributed by atoms with Gasteiger partial charge in [-0.05, 0) is 24.6 Å². The molecule has 2 rings (SSSR count). The smallest absolute Gasteiger partial charge is 0.226 e. The maximum absolute atomic E-state index is 11.5. The Morgan fingerprint density at radius 2 is 2.41 bits per heavy atom. The number of fused-ring (bicyclic) bond motifs is 1. The number of carbonyl (C=O) groups is 1. The SMILES string of the molecule is C=CCCC(=O)Nc1nc2ccc(Cl)cc2s1. The Hall–Kier alpha value is -1.39. The highest BCUT2D eigenvalue weighted by atomic mass is 35.5. The molecule has 3 nitrogen and oxygen atoms in total. The zero-order valence-corrected chi connectivity index (χ0v) is 10.6. The molecule has 1 aromatic heterocycles. The van der Waals surface area contributed by atoms with Crippen LogP contribution in [0.15, 0.2) is 30.9 Å². The van der Waals surface area contributed by atoms with E-state index in [1.54, 1.807) is 12.1 Å². The fourth-order valence-electron chi connectivity index (χ4n) is 1.37. The Morgan fingerprint density at radius 1 is 1.59 bits per heavy atom. The van der Waals surface area contributed by atoms with Gasteiger partial charge in [0.05, 0.1) is 10.2 Å². The lowest BCUT2D eigenvalue weighted by Gasteiger charge is -1.97. The molecule has 0 aliphatic rings. The van der Waals surface area contributed by atoms with Gasteiger partial charge in [0, 0.05) is 11.4 Å². The second-order valence-corrected chi connectivity index (χ2v) is 4.97. The van der Waals surface area contributed by atoms with Gasteiger partial charge in [-0.3, -0.25) is 4.79 Å². The second-order valence-electron chi connectivity index (χ2n) is 3.51. The molecule has 2 aromatic rings. The predicted octanol–water partition coefficient (Wildman–Crippen LogP) is 3.85. The molecule has 5 heteroatoms. The van der Waals surface area contributed by atoms with Crippen molar-refractivity contribution in [2.75, 3.05) is 5.32 Å². The summed E-state index contributed by atoms with van der Waals surface area (Å²) in [6.07, 6.45) is 2.82. The molecule has 1 N–H and O–H groups in total. The van der Waals surface area contributed by atoms with Crippen LogP contribution in [-0.4, -0.2) is 10.9 Å². The van der Waals surface area contributed by atoms with Crippen molar-refractivity contribution in [3.8, 4) is 0 Å². The lowest BCUT2D eigenvalue weighted by molar-refractivity contribution is -0.116. The lowest BCUT2D eigenvalue weighted by atomic mass is 10.3. The number of nitrogens with zero attached hydrogens (tertiary/aromatic N) is 1. The van der Waals surface area contributed by atoms with Crippen molar-refractivity contribution < 1.29 is 4.79 Å². The monoisotopic (exact) mass is 266 g/mol. The van der Waals surface area contributed by atoms with Gasteiger partial charge in [0.1, 0.15) is 0 Å². The van der Waals surface area contributed by atoms with Gasteiger partial charge in [0.2, 0.25) is 5.91 Å². The molecule has 1 amide bonds. The van der Waals surface area contributed by atoms with Gasteiger partial charge in [-0.2, -0.15) is 0 Å². The largest absolute Gasteiger partial charge is 0.302 e. The van der Waals surface area contributed by atoms with Gasteiger partial charge in [0.15, 0.2) is 5.13 Å². The Balaban J connectivity index is 2.14. The summed E-state index contributed by atoms with van der Waals surface area (Å²) in [7, 11) is 0. The van der Waals surface area contributed by atoms with Crippen LogP contribution >= 0.6 is 22.9 Å². The van der Waals surface area contributed by atoms with Crippen LogP contribution in [0.25, 0.3) is 10.2 Å². The average Bonchev–Trinajstić information content (AvgIpc) is 2.67. The van der Waals surface area contributed by atoms with Crippen LogP contribution in [0, 0.1) is 0 Å². The highest BCUT2D eigenvalue weighted by Gasteiger charge is 2.07. The molecule has 0 aliphatic heterocycles. The number of carbonyl (C=O) groups excluding carboxylic acids is 1. The summed E-state index contributed by atoms with van der Waals surface area (Å²) in [5.41, 5.74) is 0.846. The van der Waals surface area contributed by atoms with E-state index in [0.29, 0.717) is 23.0 Å². The molecule has 1 aromatic carbocycles. The molecule has 0 aliphatic carbocycles. The molecule has 0 radical (unpaired) electrons. The van der Waals surface area contributed by atoms with Gasteiger partial charge >= 0.3 is 0 Å². The zero-order chi connectivity index (χ0) is 12.3. The van der Waals surface area contributed by atoms with E-state index < -0.39 is 0 Å². The van der Waals surface area contributed by atoms with Crippen molar-refractivity contribution >= 4 is 44.2 Å². The number of halogens is 1. The maximum atomic E-state index is 11.5. The highest BCUT2D eigenvalue weighted by Crippen LogP contribution is 2.28. The van der Waals surface area contributed by atoms with Crippen LogP contribution in [0.3, 0.4) is 0 Å². The molecule has 0 unspecified atom stereocenters. The fraction of sp³-hybridized carbons (Fsp3) is 0.167. The van der Waals surface area contributed by atoms with Crippen molar-refractivity contribution in [2.45, 2.75) is 12.8 Å². The van der Waals surface area contributed by atoms with E-state index in [1.165, 1.54) is 11.3 Å². The molecule has 0 fully saturated rings. The van der Waals surface area contributed by atoms with E-state index in [9.17, 15) is 4.79 Å². The topological polar surface area (TPSA) is 42.0 Å². The predicted molar refractivity (Wildman–Crippen MR) is 72.7 cm³/mol. The Kier molecular flexibility index (Phi) is 3.76.